The highest BCUT2D eigenvalue weighted by atomic mass is 32.1. The van der Waals surface area contributed by atoms with Gasteiger partial charge < -0.3 is 15.1 Å². The maximum atomic E-state index is 12.9. The Labute approximate surface area is 188 Å². The fourth-order valence-electron chi connectivity index (χ4n) is 3.98. The van der Waals surface area contributed by atoms with E-state index in [1.165, 1.54) is 11.3 Å². The summed E-state index contributed by atoms with van der Waals surface area (Å²) in [7, 11) is 0. The molecule has 1 N–H and O–H groups in total. The van der Waals surface area contributed by atoms with Gasteiger partial charge in [-0.3, -0.25) is 14.4 Å². The first kappa shape index (κ1) is 23.0. The molecule has 31 heavy (non-hydrogen) atoms. The van der Waals surface area contributed by atoms with Crippen LogP contribution in [0.25, 0.3) is 0 Å². The molecule has 1 saturated heterocycles. The predicted octanol–water partition coefficient (Wildman–Crippen LogP) is 3.80. The number of carbonyl (C=O) groups excluding carboxylic acids is 3. The van der Waals surface area contributed by atoms with E-state index in [1.807, 2.05) is 51.6 Å². The zero-order valence-electron chi connectivity index (χ0n) is 18.1. The fourth-order valence-corrected chi connectivity index (χ4v) is 4.62. The summed E-state index contributed by atoms with van der Waals surface area (Å²) in [5, 5.41) is 4.76. The lowest BCUT2D eigenvalue weighted by Gasteiger charge is -2.38. The predicted molar refractivity (Wildman–Crippen MR) is 123 cm³/mol. The summed E-state index contributed by atoms with van der Waals surface area (Å²) < 4.78 is 0. The lowest BCUT2D eigenvalue weighted by molar-refractivity contribution is -0.134. The van der Waals surface area contributed by atoms with E-state index in [9.17, 15) is 14.4 Å². The Morgan fingerprint density at radius 3 is 2.48 bits per heavy atom. The highest BCUT2D eigenvalue weighted by molar-refractivity contribution is 7.12. The van der Waals surface area contributed by atoms with Crippen molar-refractivity contribution in [2.75, 3.05) is 26.2 Å². The first-order chi connectivity index (χ1) is 15.1. The Bertz CT molecular complexity index is 846. The molecule has 0 spiro atoms. The largest absolute Gasteiger partial charge is 0.351 e. The number of hydrogen-bond donors (Lipinski definition) is 1. The lowest BCUT2D eigenvalue weighted by Crippen LogP contribution is -2.49. The van der Waals surface area contributed by atoms with Gasteiger partial charge in [0.05, 0.1) is 4.88 Å². The Hall–Kier alpha value is -2.67. The van der Waals surface area contributed by atoms with Crippen molar-refractivity contribution in [1.82, 2.24) is 15.1 Å². The molecule has 0 aliphatic carbocycles. The highest BCUT2D eigenvalue weighted by Crippen LogP contribution is 2.20. The van der Waals surface area contributed by atoms with Gasteiger partial charge in [-0.25, -0.2) is 0 Å². The molecule has 0 saturated carbocycles. The molecule has 0 unspecified atom stereocenters. The number of benzene rings is 1. The molecule has 0 atom stereocenters. The first-order valence-electron chi connectivity index (χ1n) is 11.1. The molecule has 1 aliphatic rings. The Balaban J connectivity index is 1.45. The average molecular weight is 442 g/mol. The van der Waals surface area contributed by atoms with Crippen LogP contribution in [0.4, 0.5) is 0 Å². The number of piperidine rings is 1. The zero-order chi connectivity index (χ0) is 22.1. The van der Waals surface area contributed by atoms with Gasteiger partial charge >= 0.3 is 0 Å². The Morgan fingerprint density at radius 1 is 1.10 bits per heavy atom. The Kier molecular flexibility index (Phi) is 8.64. The molecule has 1 fully saturated rings. The monoisotopic (exact) mass is 441 g/mol. The molecule has 1 aromatic carbocycles. The van der Waals surface area contributed by atoms with E-state index in [2.05, 4.69) is 12.2 Å². The third-order valence-corrected chi connectivity index (χ3v) is 6.46. The standard InChI is InChI=1S/C24H31N3O3S/c1-2-15-27(22(28)11-6-14-25-23(29)21-10-7-18-31-21)20-12-16-26(17-13-20)24(30)19-8-4-3-5-9-19/h3-5,7-10,18,20H,2,6,11-17H2,1H3,(H,25,29). The Morgan fingerprint density at radius 2 is 1.84 bits per heavy atom. The second kappa shape index (κ2) is 11.6. The minimum Gasteiger partial charge on any atom is -0.351 e. The SMILES string of the molecule is CCCN(C(=O)CCCNC(=O)c1cccs1)C1CCN(C(=O)c2ccccc2)CC1. The van der Waals surface area contributed by atoms with E-state index in [4.69, 9.17) is 0 Å². The number of nitrogens with zero attached hydrogens (tertiary/aromatic N) is 2. The van der Waals surface area contributed by atoms with Crippen LogP contribution < -0.4 is 5.32 Å². The lowest BCUT2D eigenvalue weighted by atomic mass is 10.0. The van der Waals surface area contributed by atoms with Crippen molar-refractivity contribution >= 4 is 29.1 Å². The maximum absolute atomic E-state index is 12.9. The second-order valence-electron chi connectivity index (χ2n) is 7.81. The van der Waals surface area contributed by atoms with Crippen LogP contribution in [0.3, 0.4) is 0 Å². The normalized spacial score (nSPS) is 14.3. The number of amides is 3. The van der Waals surface area contributed by atoms with Crippen LogP contribution in [0.2, 0.25) is 0 Å². The number of nitrogens with one attached hydrogen (secondary N) is 1. The third kappa shape index (κ3) is 6.40. The highest BCUT2D eigenvalue weighted by Gasteiger charge is 2.29. The van der Waals surface area contributed by atoms with Crippen molar-refractivity contribution in [3.05, 3.63) is 58.3 Å². The average Bonchev–Trinajstić information content (AvgIpc) is 3.35. The smallest absolute Gasteiger partial charge is 0.261 e. The van der Waals surface area contributed by atoms with Crippen LogP contribution in [0.5, 0.6) is 0 Å². The molecule has 1 aliphatic heterocycles. The van der Waals surface area contributed by atoms with E-state index >= 15 is 0 Å². The number of hydrogen-bond acceptors (Lipinski definition) is 4. The quantitative estimate of drug-likeness (QED) is 0.602. The summed E-state index contributed by atoms with van der Waals surface area (Å²) in [5.74, 6) is 0.122. The molecule has 6 nitrogen and oxygen atoms in total. The van der Waals surface area contributed by atoms with Crippen LogP contribution in [0, 0.1) is 0 Å². The molecule has 1 aromatic heterocycles. The molecule has 166 valence electrons. The van der Waals surface area contributed by atoms with Crippen LogP contribution in [0.1, 0.15) is 59.1 Å². The van der Waals surface area contributed by atoms with Gasteiger partial charge in [0.25, 0.3) is 11.8 Å². The van der Waals surface area contributed by atoms with Gasteiger partial charge in [0.15, 0.2) is 0 Å². The molecule has 3 rings (SSSR count). The van der Waals surface area contributed by atoms with Crippen molar-refractivity contribution in [2.45, 2.75) is 45.1 Å². The molecule has 7 heteroatoms. The number of likely N-dealkylation sites (tertiary alicyclic amines) is 1. The van der Waals surface area contributed by atoms with Gasteiger partial charge in [0, 0.05) is 44.2 Å². The number of rotatable bonds is 9. The topological polar surface area (TPSA) is 69.7 Å². The summed E-state index contributed by atoms with van der Waals surface area (Å²) >= 11 is 1.41. The van der Waals surface area contributed by atoms with E-state index in [1.54, 1.807) is 6.07 Å². The molecule has 0 radical (unpaired) electrons. The van der Waals surface area contributed by atoms with Gasteiger partial charge in [-0.15, -0.1) is 11.3 Å². The van der Waals surface area contributed by atoms with E-state index in [-0.39, 0.29) is 23.8 Å². The van der Waals surface area contributed by atoms with E-state index in [0.717, 1.165) is 25.8 Å². The molecular formula is C24H31N3O3S. The van der Waals surface area contributed by atoms with Crippen LogP contribution in [-0.4, -0.2) is 59.7 Å². The van der Waals surface area contributed by atoms with Gasteiger partial charge in [0.2, 0.25) is 5.91 Å². The van der Waals surface area contributed by atoms with Gasteiger partial charge in [0.1, 0.15) is 0 Å². The summed E-state index contributed by atoms with van der Waals surface area (Å²) in [6.07, 6.45) is 3.57. The number of carbonyl (C=O) groups is 3. The summed E-state index contributed by atoms with van der Waals surface area (Å²) in [6.45, 7) is 4.64. The zero-order valence-corrected chi connectivity index (χ0v) is 18.9. The summed E-state index contributed by atoms with van der Waals surface area (Å²) in [6, 6.07) is 13.2. The van der Waals surface area contributed by atoms with Crippen molar-refractivity contribution in [2.24, 2.45) is 0 Å². The van der Waals surface area contributed by atoms with Crippen molar-refractivity contribution in [1.29, 1.82) is 0 Å². The van der Waals surface area contributed by atoms with E-state index < -0.39 is 0 Å². The first-order valence-corrected chi connectivity index (χ1v) is 11.9. The summed E-state index contributed by atoms with van der Waals surface area (Å²) in [4.78, 5) is 42.1. The van der Waals surface area contributed by atoms with Crippen LogP contribution in [0.15, 0.2) is 47.8 Å². The number of thiophene rings is 1. The van der Waals surface area contributed by atoms with Crippen molar-refractivity contribution in [3.63, 3.8) is 0 Å². The van der Waals surface area contributed by atoms with Crippen molar-refractivity contribution in [3.8, 4) is 0 Å². The maximum Gasteiger partial charge on any atom is 0.261 e. The fraction of sp³-hybridized carbons (Fsp3) is 0.458. The van der Waals surface area contributed by atoms with E-state index in [0.29, 0.717) is 42.9 Å². The molecular weight excluding hydrogens is 410 g/mol. The minimum absolute atomic E-state index is 0.0638. The molecule has 3 amide bonds. The van der Waals surface area contributed by atoms with Crippen molar-refractivity contribution < 1.29 is 14.4 Å². The second-order valence-corrected chi connectivity index (χ2v) is 8.76. The molecule has 2 heterocycles. The van der Waals surface area contributed by atoms with Gasteiger partial charge in [-0.1, -0.05) is 31.2 Å². The molecule has 0 bridgehead atoms. The summed E-state index contributed by atoms with van der Waals surface area (Å²) in [5.41, 5.74) is 0.715. The van der Waals surface area contributed by atoms with Crippen LogP contribution in [-0.2, 0) is 4.79 Å². The third-order valence-electron chi connectivity index (χ3n) is 5.60. The van der Waals surface area contributed by atoms with Gasteiger partial charge in [-0.2, -0.15) is 0 Å². The van der Waals surface area contributed by atoms with Crippen LogP contribution >= 0.6 is 11.3 Å². The molecule has 2 aromatic rings. The minimum atomic E-state index is -0.0803. The van der Waals surface area contributed by atoms with Gasteiger partial charge in [-0.05, 0) is 49.3 Å².